The highest BCUT2D eigenvalue weighted by Crippen LogP contribution is 2.08. The molecule has 156 valence electrons. The number of nitrogens with one attached hydrogen (secondary N) is 1. The Hall–Kier alpha value is -3.45. The highest BCUT2D eigenvalue weighted by Gasteiger charge is 2.10. The van der Waals surface area contributed by atoms with E-state index in [1.54, 1.807) is 0 Å². The maximum atomic E-state index is 12.5. The van der Waals surface area contributed by atoms with E-state index in [4.69, 9.17) is 4.74 Å². The van der Waals surface area contributed by atoms with Crippen LogP contribution in [-0.2, 0) is 19.6 Å². The van der Waals surface area contributed by atoms with Crippen molar-refractivity contribution in [2.45, 2.75) is 19.6 Å². The Kier molecular flexibility index (Phi) is 7.34. The molecule has 30 heavy (non-hydrogen) atoms. The van der Waals surface area contributed by atoms with Gasteiger partial charge >= 0.3 is 0 Å². The van der Waals surface area contributed by atoms with Crippen LogP contribution in [0.2, 0.25) is 0 Å². The van der Waals surface area contributed by atoms with Crippen molar-refractivity contribution in [2.24, 2.45) is 0 Å². The number of carbonyl (C=O) groups excluding carboxylic acids is 1. The number of amides is 1. The average molecular weight is 406 g/mol. The number of hydrogen-bond acceptors (Lipinski definition) is 5. The van der Waals surface area contributed by atoms with Gasteiger partial charge in [-0.25, -0.2) is 4.68 Å². The van der Waals surface area contributed by atoms with Crippen molar-refractivity contribution in [3.63, 3.8) is 0 Å². The Morgan fingerprint density at radius 3 is 2.40 bits per heavy atom. The van der Waals surface area contributed by atoms with Crippen LogP contribution in [0.15, 0.2) is 71.5 Å². The summed E-state index contributed by atoms with van der Waals surface area (Å²) in [7, 11) is 4.04. The lowest BCUT2D eigenvalue weighted by Gasteiger charge is -2.11. The lowest BCUT2D eigenvalue weighted by molar-refractivity contribution is 0.0943. The fourth-order valence-corrected chi connectivity index (χ4v) is 2.90. The SMILES string of the molecule is CN(C)Cc1ccc(CNC(=O)c2ccc(=O)n(CCOc3ccccc3)n2)cc1. The first-order chi connectivity index (χ1) is 14.5. The van der Waals surface area contributed by atoms with Gasteiger partial charge < -0.3 is 15.0 Å². The first-order valence-electron chi connectivity index (χ1n) is 9.78. The summed E-state index contributed by atoms with van der Waals surface area (Å²) in [4.78, 5) is 26.6. The number of rotatable bonds is 9. The maximum Gasteiger partial charge on any atom is 0.271 e. The van der Waals surface area contributed by atoms with Crippen molar-refractivity contribution in [1.82, 2.24) is 20.0 Å². The van der Waals surface area contributed by atoms with Crippen LogP contribution < -0.4 is 15.6 Å². The molecule has 0 fully saturated rings. The quantitative estimate of drug-likeness (QED) is 0.590. The van der Waals surface area contributed by atoms with Gasteiger partial charge in [0.25, 0.3) is 11.5 Å². The molecule has 0 saturated carbocycles. The predicted molar refractivity (Wildman–Crippen MR) is 115 cm³/mol. The molecule has 7 nitrogen and oxygen atoms in total. The minimum absolute atomic E-state index is 0.193. The van der Waals surface area contributed by atoms with Gasteiger partial charge in [0, 0.05) is 19.2 Å². The molecule has 1 N–H and O–H groups in total. The summed E-state index contributed by atoms with van der Waals surface area (Å²) in [6.07, 6.45) is 0. The number of aromatic nitrogens is 2. The molecule has 0 spiro atoms. The van der Waals surface area contributed by atoms with E-state index in [2.05, 4.69) is 15.3 Å². The number of ether oxygens (including phenoxy) is 1. The predicted octanol–water partition coefficient (Wildman–Crippen LogP) is 2.31. The minimum Gasteiger partial charge on any atom is -0.492 e. The molecule has 1 aromatic heterocycles. The van der Waals surface area contributed by atoms with Crippen LogP contribution >= 0.6 is 0 Å². The minimum atomic E-state index is -0.329. The molecular formula is C23H26N4O3. The second-order valence-corrected chi connectivity index (χ2v) is 7.18. The topological polar surface area (TPSA) is 76.5 Å². The van der Waals surface area contributed by atoms with Crippen LogP contribution in [0.5, 0.6) is 5.75 Å². The molecule has 0 saturated heterocycles. The molecule has 1 heterocycles. The molecule has 0 radical (unpaired) electrons. The summed E-state index contributed by atoms with van der Waals surface area (Å²) in [5.41, 5.74) is 2.12. The van der Waals surface area contributed by atoms with E-state index < -0.39 is 0 Å². The molecule has 0 unspecified atom stereocenters. The Morgan fingerprint density at radius 1 is 1.00 bits per heavy atom. The maximum absolute atomic E-state index is 12.5. The Balaban J connectivity index is 1.55. The van der Waals surface area contributed by atoms with E-state index in [1.807, 2.05) is 68.7 Å². The number of hydrogen-bond donors (Lipinski definition) is 1. The monoisotopic (exact) mass is 406 g/mol. The Labute approximate surface area is 175 Å². The molecule has 3 rings (SSSR count). The summed E-state index contributed by atoms with van der Waals surface area (Å²) in [6, 6.07) is 20.2. The van der Waals surface area contributed by atoms with E-state index in [-0.39, 0.29) is 30.3 Å². The first kappa shape index (κ1) is 21.3. The molecule has 0 aliphatic heterocycles. The second kappa shape index (κ2) is 10.4. The van der Waals surface area contributed by atoms with Crippen LogP contribution in [0.25, 0.3) is 0 Å². The molecule has 7 heteroatoms. The largest absolute Gasteiger partial charge is 0.492 e. The lowest BCUT2D eigenvalue weighted by Crippen LogP contribution is -2.30. The second-order valence-electron chi connectivity index (χ2n) is 7.18. The fourth-order valence-electron chi connectivity index (χ4n) is 2.90. The summed E-state index contributed by atoms with van der Waals surface area (Å²) in [5, 5.41) is 7.01. The number of benzene rings is 2. The van der Waals surface area contributed by atoms with Gasteiger partial charge in [-0.15, -0.1) is 0 Å². The average Bonchev–Trinajstić information content (AvgIpc) is 2.75. The highest BCUT2D eigenvalue weighted by molar-refractivity contribution is 5.91. The molecule has 0 aliphatic rings. The van der Waals surface area contributed by atoms with Gasteiger partial charge in [0.15, 0.2) is 0 Å². The third-order valence-electron chi connectivity index (χ3n) is 4.39. The lowest BCUT2D eigenvalue weighted by atomic mass is 10.1. The van der Waals surface area contributed by atoms with Crippen molar-refractivity contribution >= 4 is 5.91 Å². The van der Waals surface area contributed by atoms with Gasteiger partial charge in [-0.3, -0.25) is 9.59 Å². The summed E-state index contributed by atoms with van der Waals surface area (Å²) >= 11 is 0. The van der Waals surface area contributed by atoms with E-state index >= 15 is 0 Å². The number of para-hydroxylation sites is 1. The summed E-state index contributed by atoms with van der Waals surface area (Å²) < 4.78 is 6.84. The van der Waals surface area contributed by atoms with Crippen LogP contribution in [0, 0.1) is 0 Å². The van der Waals surface area contributed by atoms with Crippen LogP contribution in [0.4, 0.5) is 0 Å². The van der Waals surface area contributed by atoms with Crippen LogP contribution in [-0.4, -0.2) is 41.3 Å². The molecule has 2 aromatic carbocycles. The van der Waals surface area contributed by atoms with E-state index in [1.165, 1.54) is 22.4 Å². The van der Waals surface area contributed by atoms with Crippen LogP contribution in [0.1, 0.15) is 21.6 Å². The van der Waals surface area contributed by atoms with Gasteiger partial charge in [0.05, 0.1) is 6.54 Å². The Bertz CT molecular complexity index is 1010. The van der Waals surface area contributed by atoms with E-state index in [0.29, 0.717) is 6.54 Å². The highest BCUT2D eigenvalue weighted by atomic mass is 16.5. The van der Waals surface area contributed by atoms with Gasteiger partial charge in [0.1, 0.15) is 18.1 Å². The zero-order valence-electron chi connectivity index (χ0n) is 17.2. The first-order valence-corrected chi connectivity index (χ1v) is 9.78. The van der Waals surface area contributed by atoms with E-state index in [0.717, 1.165) is 17.9 Å². The third-order valence-corrected chi connectivity index (χ3v) is 4.39. The van der Waals surface area contributed by atoms with Gasteiger partial charge in [-0.05, 0) is 43.4 Å². The molecule has 0 aliphatic carbocycles. The van der Waals surface area contributed by atoms with Gasteiger partial charge in [-0.2, -0.15) is 5.10 Å². The van der Waals surface area contributed by atoms with Crippen molar-refractivity contribution in [1.29, 1.82) is 0 Å². The van der Waals surface area contributed by atoms with Crippen molar-refractivity contribution < 1.29 is 9.53 Å². The van der Waals surface area contributed by atoms with Gasteiger partial charge in [-0.1, -0.05) is 42.5 Å². The summed E-state index contributed by atoms with van der Waals surface area (Å²) in [5.74, 6) is 0.390. The molecular weight excluding hydrogens is 380 g/mol. The third kappa shape index (κ3) is 6.28. The number of carbonyl (C=O) groups is 1. The normalized spacial score (nSPS) is 10.8. The molecule has 1 amide bonds. The molecule has 0 atom stereocenters. The van der Waals surface area contributed by atoms with E-state index in [9.17, 15) is 9.59 Å². The summed E-state index contributed by atoms with van der Waals surface area (Å²) in [6.45, 7) is 1.79. The Morgan fingerprint density at radius 2 is 1.70 bits per heavy atom. The van der Waals surface area contributed by atoms with Crippen LogP contribution in [0.3, 0.4) is 0 Å². The molecule has 3 aromatic rings. The van der Waals surface area contributed by atoms with Crippen molar-refractivity contribution in [2.75, 3.05) is 20.7 Å². The standard InChI is InChI=1S/C23H26N4O3/c1-26(2)17-19-10-8-18(9-11-19)16-24-23(29)21-12-13-22(28)27(25-21)14-15-30-20-6-4-3-5-7-20/h3-13H,14-17H2,1-2H3,(H,24,29). The zero-order chi connectivity index (χ0) is 21.3. The smallest absolute Gasteiger partial charge is 0.271 e. The zero-order valence-corrected chi connectivity index (χ0v) is 17.2. The van der Waals surface area contributed by atoms with Gasteiger partial charge in [0.2, 0.25) is 0 Å². The van der Waals surface area contributed by atoms with Crippen molar-refractivity contribution in [3.05, 3.63) is 93.9 Å². The molecule has 0 bridgehead atoms. The number of nitrogens with zero attached hydrogens (tertiary/aromatic N) is 3. The van der Waals surface area contributed by atoms with Crippen molar-refractivity contribution in [3.8, 4) is 5.75 Å². The fraction of sp³-hybridized carbons (Fsp3) is 0.261.